The molecular weight excluding hydrogens is 465 g/mol. The lowest BCUT2D eigenvalue weighted by atomic mass is 9.97. The van der Waals surface area contributed by atoms with Gasteiger partial charge in [0, 0.05) is 37.1 Å². The van der Waals surface area contributed by atoms with Crippen LogP contribution in [0.2, 0.25) is 0 Å². The number of benzene rings is 1. The molecule has 1 atom stereocenters. The number of halogens is 3. The van der Waals surface area contributed by atoms with Gasteiger partial charge in [-0.05, 0) is 44.2 Å². The van der Waals surface area contributed by atoms with Gasteiger partial charge < -0.3 is 9.47 Å². The van der Waals surface area contributed by atoms with Crippen molar-refractivity contribution in [2.45, 2.75) is 83.1 Å². The van der Waals surface area contributed by atoms with Gasteiger partial charge in [0.15, 0.2) is 0 Å². The molecule has 1 aliphatic heterocycles. The molecule has 1 aromatic carbocycles. The number of alkyl halides is 3. The van der Waals surface area contributed by atoms with Crippen molar-refractivity contribution in [3.63, 3.8) is 0 Å². The first kappa shape index (κ1) is 25.0. The molecule has 0 saturated heterocycles. The van der Waals surface area contributed by atoms with E-state index in [-0.39, 0.29) is 25.2 Å². The summed E-state index contributed by atoms with van der Waals surface area (Å²) in [6, 6.07) is 7.03. The summed E-state index contributed by atoms with van der Waals surface area (Å²) in [6.45, 7) is 4.02. The summed E-state index contributed by atoms with van der Waals surface area (Å²) in [5, 5.41) is 0. The Labute approximate surface area is 199 Å². The van der Waals surface area contributed by atoms with E-state index in [9.17, 15) is 21.6 Å². The zero-order valence-corrected chi connectivity index (χ0v) is 20.5. The van der Waals surface area contributed by atoms with Crippen molar-refractivity contribution in [3.8, 4) is 0 Å². The topological polar surface area (TPSA) is 58.4 Å². The van der Waals surface area contributed by atoms with Crippen LogP contribution < -0.4 is 4.90 Å². The minimum absolute atomic E-state index is 0.200. The van der Waals surface area contributed by atoms with E-state index in [1.807, 2.05) is 22.9 Å². The summed E-state index contributed by atoms with van der Waals surface area (Å²) >= 11 is 0. The first-order chi connectivity index (χ1) is 16.1. The van der Waals surface area contributed by atoms with Crippen LogP contribution in [0.25, 0.3) is 0 Å². The van der Waals surface area contributed by atoms with Gasteiger partial charge in [-0.15, -0.1) is 0 Å². The van der Waals surface area contributed by atoms with Gasteiger partial charge in [-0.1, -0.05) is 43.9 Å². The third-order valence-corrected chi connectivity index (χ3v) is 8.64. The van der Waals surface area contributed by atoms with Crippen LogP contribution in [0.15, 0.2) is 36.8 Å². The summed E-state index contributed by atoms with van der Waals surface area (Å²) in [5.41, 5.74) is -3.18. The van der Waals surface area contributed by atoms with Gasteiger partial charge in [0.2, 0.25) is 0 Å². The lowest BCUT2D eigenvalue weighted by molar-refractivity contribution is -0.0492. The minimum Gasteiger partial charge on any atom is -0.361 e. The lowest BCUT2D eigenvalue weighted by Crippen LogP contribution is -2.47. The molecule has 0 bridgehead atoms. The van der Waals surface area contributed by atoms with E-state index in [2.05, 4.69) is 23.7 Å². The monoisotopic (exact) mass is 498 g/mol. The van der Waals surface area contributed by atoms with Crippen molar-refractivity contribution in [3.05, 3.63) is 48.0 Å². The predicted octanol–water partition coefficient (Wildman–Crippen LogP) is 5.47. The average Bonchev–Trinajstić information content (AvgIpc) is 3.43. The largest absolute Gasteiger partial charge is 0.511 e. The highest BCUT2D eigenvalue weighted by Gasteiger charge is 2.51. The van der Waals surface area contributed by atoms with E-state index in [0.717, 1.165) is 30.6 Å². The third-order valence-electron chi connectivity index (χ3n) is 7.10. The van der Waals surface area contributed by atoms with E-state index in [1.54, 1.807) is 18.5 Å². The standard InChI is InChI=1S/C24H33F3N4O2S/c1-18(2)29-14-21(28-17-29)15-31-22(12-11-19-7-3-4-8-19)16-30(34(32,33)24(25,26)27)13-20-9-5-6-10-23(20)31/h5-6,9-10,14,17-19,22H,3-4,7-8,11-13,15-16H2,1-2H3. The highest BCUT2D eigenvalue weighted by molar-refractivity contribution is 7.89. The number of rotatable bonds is 7. The number of nitrogens with zero attached hydrogens (tertiary/aromatic N) is 4. The van der Waals surface area contributed by atoms with Crippen molar-refractivity contribution >= 4 is 15.7 Å². The van der Waals surface area contributed by atoms with E-state index >= 15 is 0 Å². The van der Waals surface area contributed by atoms with Gasteiger partial charge in [0.05, 0.1) is 18.6 Å². The SMILES string of the molecule is CC(C)n1cnc(CN2c3ccccc3CN(S(=O)(=O)C(F)(F)F)CC2CCC2CCCC2)c1. The molecule has 10 heteroatoms. The van der Waals surface area contributed by atoms with Crippen LogP contribution in [0.4, 0.5) is 18.9 Å². The third kappa shape index (κ3) is 5.27. The molecule has 6 nitrogen and oxygen atoms in total. The first-order valence-corrected chi connectivity index (χ1v) is 13.4. The number of hydrogen-bond acceptors (Lipinski definition) is 4. The molecule has 4 rings (SSSR count). The Kier molecular flexibility index (Phi) is 7.28. The number of hydrogen-bond donors (Lipinski definition) is 0. The van der Waals surface area contributed by atoms with E-state index in [1.165, 1.54) is 12.8 Å². The molecule has 1 aliphatic carbocycles. The molecule has 0 N–H and O–H groups in total. The van der Waals surface area contributed by atoms with Crippen LogP contribution in [-0.2, 0) is 23.1 Å². The number of aromatic nitrogens is 2. The molecule has 2 heterocycles. The Morgan fingerprint density at radius 1 is 1.12 bits per heavy atom. The molecule has 1 aromatic heterocycles. The van der Waals surface area contributed by atoms with Crippen molar-refractivity contribution in [2.75, 3.05) is 11.4 Å². The molecule has 1 unspecified atom stereocenters. The molecule has 2 aliphatic rings. The first-order valence-electron chi connectivity index (χ1n) is 12.0. The predicted molar refractivity (Wildman–Crippen MR) is 126 cm³/mol. The number of anilines is 1. The number of imidazole rings is 1. The Hall–Kier alpha value is -2.07. The fourth-order valence-corrected chi connectivity index (χ4v) is 6.12. The Morgan fingerprint density at radius 2 is 1.82 bits per heavy atom. The summed E-state index contributed by atoms with van der Waals surface area (Å²) in [6.07, 6.45) is 9.86. The minimum atomic E-state index is -5.45. The van der Waals surface area contributed by atoms with Crippen LogP contribution in [0, 0.1) is 5.92 Å². The maximum atomic E-state index is 13.6. The Bertz CT molecular complexity index is 1080. The maximum Gasteiger partial charge on any atom is 0.511 e. The van der Waals surface area contributed by atoms with Crippen molar-refractivity contribution in [1.82, 2.24) is 13.9 Å². The fraction of sp³-hybridized carbons (Fsp3) is 0.625. The van der Waals surface area contributed by atoms with Gasteiger partial charge in [-0.25, -0.2) is 13.4 Å². The second-order valence-electron chi connectivity index (χ2n) is 9.79. The van der Waals surface area contributed by atoms with E-state index < -0.39 is 15.5 Å². The Balaban J connectivity index is 1.70. The summed E-state index contributed by atoms with van der Waals surface area (Å²) in [5.74, 6) is 0.549. The molecule has 1 fully saturated rings. The van der Waals surface area contributed by atoms with Crippen molar-refractivity contribution in [1.29, 1.82) is 0 Å². The summed E-state index contributed by atoms with van der Waals surface area (Å²) in [4.78, 5) is 6.60. The Morgan fingerprint density at radius 3 is 2.47 bits per heavy atom. The molecule has 0 radical (unpaired) electrons. The van der Waals surface area contributed by atoms with Crippen LogP contribution in [-0.4, -0.2) is 40.4 Å². The average molecular weight is 499 g/mol. The zero-order valence-electron chi connectivity index (χ0n) is 19.7. The molecule has 1 saturated carbocycles. The smallest absolute Gasteiger partial charge is 0.361 e. The summed E-state index contributed by atoms with van der Waals surface area (Å²) in [7, 11) is -5.45. The van der Waals surface area contributed by atoms with Gasteiger partial charge in [0.1, 0.15) is 0 Å². The normalized spacial score (nSPS) is 20.6. The number of sulfonamides is 1. The molecule has 2 aromatic rings. The van der Waals surface area contributed by atoms with Crippen molar-refractivity contribution < 1.29 is 21.6 Å². The molecule has 0 spiro atoms. The van der Waals surface area contributed by atoms with Crippen LogP contribution in [0.5, 0.6) is 0 Å². The molecule has 0 amide bonds. The molecular formula is C24H33F3N4O2S. The van der Waals surface area contributed by atoms with Crippen LogP contribution in [0.1, 0.15) is 69.7 Å². The second-order valence-corrected chi connectivity index (χ2v) is 11.7. The van der Waals surface area contributed by atoms with Gasteiger partial charge in [0.25, 0.3) is 0 Å². The fourth-order valence-electron chi connectivity index (χ4n) is 5.15. The lowest BCUT2D eigenvalue weighted by Gasteiger charge is -2.34. The second kappa shape index (κ2) is 9.89. The summed E-state index contributed by atoms with van der Waals surface area (Å²) < 4.78 is 68.2. The highest BCUT2D eigenvalue weighted by atomic mass is 32.2. The van der Waals surface area contributed by atoms with Gasteiger partial charge in [-0.3, -0.25) is 0 Å². The van der Waals surface area contributed by atoms with Gasteiger partial charge in [-0.2, -0.15) is 17.5 Å². The van der Waals surface area contributed by atoms with Crippen LogP contribution in [0.3, 0.4) is 0 Å². The molecule has 34 heavy (non-hydrogen) atoms. The highest BCUT2D eigenvalue weighted by Crippen LogP contribution is 2.37. The van der Waals surface area contributed by atoms with Gasteiger partial charge >= 0.3 is 15.5 Å². The van der Waals surface area contributed by atoms with E-state index in [0.29, 0.717) is 28.8 Å². The number of fused-ring (bicyclic) bond motifs is 1. The van der Waals surface area contributed by atoms with E-state index in [4.69, 9.17) is 0 Å². The van der Waals surface area contributed by atoms with Crippen molar-refractivity contribution in [2.24, 2.45) is 5.92 Å². The number of para-hydroxylation sites is 1. The molecule has 188 valence electrons. The zero-order chi connectivity index (χ0) is 24.5. The quantitative estimate of drug-likeness (QED) is 0.508. The van der Waals surface area contributed by atoms with Crippen LogP contribution >= 0.6 is 0 Å². The maximum absolute atomic E-state index is 13.6.